The van der Waals surface area contributed by atoms with E-state index in [1.807, 2.05) is 0 Å². The van der Waals surface area contributed by atoms with E-state index < -0.39 is 23.7 Å². The first-order valence-electron chi connectivity index (χ1n) is 13.2. The summed E-state index contributed by atoms with van der Waals surface area (Å²) in [4.78, 5) is 0. The lowest BCUT2D eigenvalue weighted by molar-refractivity contribution is -0.228. The van der Waals surface area contributed by atoms with Gasteiger partial charge in [-0.1, -0.05) is 38.3 Å². The summed E-state index contributed by atoms with van der Waals surface area (Å²) in [7, 11) is 0. The second-order valence-electron chi connectivity index (χ2n) is 10.2. The Labute approximate surface area is 211 Å². The normalized spacial score (nSPS) is 24.2. The van der Waals surface area contributed by atoms with E-state index in [1.165, 1.54) is 43.5 Å². The van der Waals surface area contributed by atoms with Crippen LogP contribution >= 0.6 is 0 Å². The Morgan fingerprint density at radius 1 is 0.806 bits per heavy atom. The molecular weight excluding hydrogens is 472 g/mol. The Morgan fingerprint density at radius 2 is 1.44 bits per heavy atom. The molecule has 2 aliphatic rings. The predicted octanol–water partition coefficient (Wildman–Crippen LogP) is 8.55. The lowest BCUT2D eigenvalue weighted by Gasteiger charge is -2.43. The van der Waals surface area contributed by atoms with Gasteiger partial charge in [0.2, 0.25) is 11.6 Å². The van der Waals surface area contributed by atoms with Crippen molar-refractivity contribution in [2.24, 2.45) is 23.7 Å². The van der Waals surface area contributed by atoms with Crippen molar-refractivity contribution in [1.29, 1.82) is 0 Å². The standard InChI is InChI=1S/C29H36F4O3/c1-3-5-19-6-9-22-17-23(11-10-21(22)16-19)29(32,33)36-24-12-7-20(8-13-24)18-35-26-15-14-25(34-4-2)27(30)28(26)31/h7-8,12-15,19,21-23H,3-6,9-11,16-18H2,1-2H3. The SMILES string of the molecule is CCCC1CCC2CC(C(F)(F)Oc3ccc(COc4ccc(OCC)c(F)c4F)cc3)CCC2C1. The Morgan fingerprint density at radius 3 is 2.11 bits per heavy atom. The van der Waals surface area contributed by atoms with Crippen LogP contribution in [0.2, 0.25) is 0 Å². The van der Waals surface area contributed by atoms with Crippen LogP contribution in [0.15, 0.2) is 36.4 Å². The van der Waals surface area contributed by atoms with Gasteiger partial charge < -0.3 is 14.2 Å². The van der Waals surface area contributed by atoms with E-state index >= 15 is 8.78 Å². The van der Waals surface area contributed by atoms with Crippen molar-refractivity contribution in [2.45, 2.75) is 77.9 Å². The number of rotatable bonds is 10. The summed E-state index contributed by atoms with van der Waals surface area (Å²) in [5, 5.41) is 0. The molecule has 198 valence electrons. The number of hydrogen-bond acceptors (Lipinski definition) is 3. The van der Waals surface area contributed by atoms with Gasteiger partial charge in [0.15, 0.2) is 11.5 Å². The minimum Gasteiger partial charge on any atom is -0.491 e. The maximum Gasteiger partial charge on any atom is 0.400 e. The molecule has 0 spiro atoms. The maximum atomic E-state index is 15.1. The minimum absolute atomic E-state index is 0.0499. The molecule has 2 saturated carbocycles. The number of hydrogen-bond donors (Lipinski definition) is 0. The van der Waals surface area contributed by atoms with Crippen molar-refractivity contribution in [3.05, 3.63) is 53.6 Å². The summed E-state index contributed by atoms with van der Waals surface area (Å²) in [6, 6.07) is 8.69. The van der Waals surface area contributed by atoms with E-state index in [0.717, 1.165) is 25.2 Å². The Balaban J connectivity index is 1.30. The van der Waals surface area contributed by atoms with Gasteiger partial charge >= 0.3 is 6.11 Å². The number of halogens is 4. The van der Waals surface area contributed by atoms with Crippen LogP contribution in [0.4, 0.5) is 17.6 Å². The zero-order valence-electron chi connectivity index (χ0n) is 21.1. The summed E-state index contributed by atoms with van der Waals surface area (Å²) in [6.45, 7) is 4.05. The summed E-state index contributed by atoms with van der Waals surface area (Å²) >= 11 is 0. The van der Waals surface area contributed by atoms with Crippen LogP contribution in [0.3, 0.4) is 0 Å². The average Bonchev–Trinajstić information content (AvgIpc) is 2.87. The van der Waals surface area contributed by atoms with Crippen molar-refractivity contribution in [2.75, 3.05) is 6.61 Å². The van der Waals surface area contributed by atoms with Gasteiger partial charge in [-0.3, -0.25) is 0 Å². The van der Waals surface area contributed by atoms with E-state index in [4.69, 9.17) is 14.2 Å². The molecule has 7 heteroatoms. The minimum atomic E-state index is -3.23. The molecule has 2 aromatic rings. The van der Waals surface area contributed by atoms with Crippen molar-refractivity contribution >= 4 is 0 Å². The molecule has 0 N–H and O–H groups in total. The first kappa shape index (κ1) is 26.6. The fourth-order valence-corrected chi connectivity index (χ4v) is 5.91. The first-order chi connectivity index (χ1) is 17.3. The van der Waals surface area contributed by atoms with Gasteiger partial charge in [-0.05, 0) is 86.6 Å². The van der Waals surface area contributed by atoms with Gasteiger partial charge in [0.1, 0.15) is 12.4 Å². The number of alkyl halides is 2. The molecule has 2 aliphatic carbocycles. The van der Waals surface area contributed by atoms with Gasteiger partial charge in [0.05, 0.1) is 12.5 Å². The Bertz CT molecular complexity index is 995. The topological polar surface area (TPSA) is 27.7 Å². The molecule has 2 aromatic carbocycles. The zero-order chi connectivity index (χ0) is 25.7. The molecule has 4 atom stereocenters. The first-order valence-corrected chi connectivity index (χ1v) is 13.2. The average molecular weight is 509 g/mol. The van der Waals surface area contributed by atoms with E-state index in [1.54, 1.807) is 19.1 Å². The van der Waals surface area contributed by atoms with Gasteiger partial charge in [-0.15, -0.1) is 0 Å². The highest BCUT2D eigenvalue weighted by molar-refractivity contribution is 5.35. The van der Waals surface area contributed by atoms with Crippen molar-refractivity contribution in [1.82, 2.24) is 0 Å². The lowest BCUT2D eigenvalue weighted by Crippen LogP contribution is -2.41. The van der Waals surface area contributed by atoms with Crippen molar-refractivity contribution < 1.29 is 31.8 Å². The van der Waals surface area contributed by atoms with Gasteiger partial charge in [0.25, 0.3) is 0 Å². The quantitative estimate of drug-likeness (QED) is 0.301. The molecule has 4 unspecified atom stereocenters. The number of benzene rings is 2. The molecule has 3 nitrogen and oxygen atoms in total. The van der Waals surface area contributed by atoms with E-state index in [-0.39, 0.29) is 30.5 Å². The molecule has 0 radical (unpaired) electrons. The zero-order valence-corrected chi connectivity index (χ0v) is 21.1. The van der Waals surface area contributed by atoms with E-state index in [2.05, 4.69) is 6.92 Å². The Hall–Kier alpha value is -2.44. The highest BCUT2D eigenvalue weighted by Crippen LogP contribution is 2.49. The van der Waals surface area contributed by atoms with Gasteiger partial charge in [-0.2, -0.15) is 17.6 Å². The van der Waals surface area contributed by atoms with Crippen LogP contribution in [0.1, 0.15) is 70.8 Å². The lowest BCUT2D eigenvalue weighted by atomic mass is 9.64. The molecule has 0 saturated heterocycles. The van der Waals surface area contributed by atoms with Crippen LogP contribution in [0, 0.1) is 35.3 Å². The molecule has 0 aliphatic heterocycles. The fraction of sp³-hybridized carbons (Fsp3) is 0.586. The highest BCUT2D eigenvalue weighted by atomic mass is 19.3. The second-order valence-corrected chi connectivity index (χ2v) is 10.2. The molecule has 0 heterocycles. The third-order valence-electron chi connectivity index (χ3n) is 7.78. The third kappa shape index (κ3) is 6.27. The summed E-state index contributed by atoms with van der Waals surface area (Å²) in [5.41, 5.74) is 0.615. The van der Waals surface area contributed by atoms with Gasteiger partial charge in [-0.25, -0.2) is 0 Å². The van der Waals surface area contributed by atoms with Crippen LogP contribution in [0.5, 0.6) is 17.2 Å². The third-order valence-corrected chi connectivity index (χ3v) is 7.78. The maximum absolute atomic E-state index is 15.1. The smallest absolute Gasteiger partial charge is 0.400 e. The number of ether oxygens (including phenoxy) is 3. The summed E-state index contributed by atoms with van der Waals surface area (Å²) < 4.78 is 73.9. The largest absolute Gasteiger partial charge is 0.491 e. The van der Waals surface area contributed by atoms with Crippen molar-refractivity contribution in [3.63, 3.8) is 0 Å². The Kier molecular flexibility index (Phi) is 8.68. The van der Waals surface area contributed by atoms with Crippen LogP contribution in [-0.2, 0) is 6.61 Å². The fourth-order valence-electron chi connectivity index (χ4n) is 5.91. The molecule has 0 bridgehead atoms. The van der Waals surface area contributed by atoms with Crippen LogP contribution in [-0.4, -0.2) is 12.7 Å². The molecule has 36 heavy (non-hydrogen) atoms. The van der Waals surface area contributed by atoms with E-state index in [9.17, 15) is 8.78 Å². The monoisotopic (exact) mass is 508 g/mol. The molecule has 0 aromatic heterocycles. The van der Waals surface area contributed by atoms with Crippen LogP contribution in [0.25, 0.3) is 0 Å². The number of fused-ring (bicyclic) bond motifs is 1. The van der Waals surface area contributed by atoms with Gasteiger partial charge in [0, 0.05) is 0 Å². The molecule has 4 rings (SSSR count). The predicted molar refractivity (Wildman–Crippen MR) is 130 cm³/mol. The summed E-state index contributed by atoms with van der Waals surface area (Å²) in [6.07, 6.45) is 4.47. The van der Waals surface area contributed by atoms with Crippen LogP contribution < -0.4 is 14.2 Å². The summed E-state index contributed by atoms with van der Waals surface area (Å²) in [5.74, 6) is -1.65. The highest BCUT2D eigenvalue weighted by Gasteiger charge is 2.47. The molecular formula is C29H36F4O3. The van der Waals surface area contributed by atoms with Crippen molar-refractivity contribution in [3.8, 4) is 17.2 Å². The molecule has 0 amide bonds. The van der Waals surface area contributed by atoms with E-state index in [0.29, 0.717) is 30.2 Å². The molecule has 2 fully saturated rings. The second kappa shape index (κ2) is 11.7.